The van der Waals surface area contributed by atoms with Crippen molar-refractivity contribution in [3.63, 3.8) is 0 Å². The summed E-state index contributed by atoms with van der Waals surface area (Å²) in [6.07, 6.45) is 2.55. The lowest BCUT2D eigenvalue weighted by atomic mass is 9.76. The van der Waals surface area contributed by atoms with E-state index in [1.54, 1.807) is 6.92 Å². The molecule has 0 aliphatic carbocycles. The van der Waals surface area contributed by atoms with Crippen molar-refractivity contribution in [3.8, 4) is 0 Å². The van der Waals surface area contributed by atoms with Gasteiger partial charge in [-0.15, -0.1) is 0 Å². The van der Waals surface area contributed by atoms with E-state index in [1.807, 2.05) is 13.8 Å². The minimum Gasteiger partial charge on any atom is -0.481 e. The molecule has 2 heterocycles. The molecule has 0 bridgehead atoms. The zero-order chi connectivity index (χ0) is 14.0. The highest BCUT2D eigenvalue weighted by Gasteiger charge is 2.38. The van der Waals surface area contributed by atoms with Crippen molar-refractivity contribution in [1.82, 2.24) is 10.1 Å². The molecule has 19 heavy (non-hydrogen) atoms. The zero-order valence-electron chi connectivity index (χ0n) is 11.7. The van der Waals surface area contributed by atoms with E-state index >= 15 is 0 Å². The van der Waals surface area contributed by atoms with Gasteiger partial charge in [0.15, 0.2) is 0 Å². The molecule has 1 unspecified atom stereocenters. The fraction of sp³-hybridized carbons (Fsp3) is 0.769. The summed E-state index contributed by atoms with van der Waals surface area (Å²) in [7, 11) is 0. The Morgan fingerprint density at radius 2 is 2.11 bits per heavy atom. The van der Waals surface area contributed by atoms with E-state index in [0.29, 0.717) is 11.8 Å². The Morgan fingerprint density at radius 1 is 1.47 bits per heavy atom. The smallest absolute Gasteiger partial charge is 0.310 e. The van der Waals surface area contributed by atoms with Crippen LogP contribution in [0.3, 0.4) is 0 Å². The van der Waals surface area contributed by atoms with E-state index in [0.717, 1.165) is 25.9 Å². The molecule has 1 saturated heterocycles. The Morgan fingerprint density at radius 3 is 2.63 bits per heavy atom. The van der Waals surface area contributed by atoms with Crippen LogP contribution >= 0.6 is 0 Å². The van der Waals surface area contributed by atoms with E-state index in [2.05, 4.69) is 15.0 Å². The van der Waals surface area contributed by atoms with Gasteiger partial charge in [-0.2, -0.15) is 4.98 Å². The normalized spacial score (nSPS) is 18.8. The number of hydrogen-bond donors (Lipinski definition) is 1. The molecule has 1 aliphatic heterocycles. The van der Waals surface area contributed by atoms with Crippen LogP contribution in [-0.4, -0.2) is 34.3 Å². The van der Waals surface area contributed by atoms with Crippen molar-refractivity contribution in [2.75, 3.05) is 18.0 Å². The summed E-state index contributed by atoms with van der Waals surface area (Å²) in [4.78, 5) is 17.8. The largest absolute Gasteiger partial charge is 0.481 e. The predicted molar refractivity (Wildman–Crippen MR) is 70.0 cm³/mol. The fourth-order valence-corrected chi connectivity index (χ4v) is 2.20. The molecule has 1 aromatic heterocycles. The van der Waals surface area contributed by atoms with Crippen LogP contribution in [0.25, 0.3) is 0 Å². The molecule has 106 valence electrons. The Balaban J connectivity index is 2.12. The van der Waals surface area contributed by atoms with Gasteiger partial charge < -0.3 is 14.5 Å². The minimum absolute atomic E-state index is 0.00728. The van der Waals surface area contributed by atoms with Crippen LogP contribution in [0.4, 0.5) is 5.95 Å². The van der Waals surface area contributed by atoms with Crippen LogP contribution in [0.2, 0.25) is 0 Å². The molecule has 6 heteroatoms. The number of rotatable bonds is 5. The zero-order valence-corrected chi connectivity index (χ0v) is 11.7. The lowest BCUT2D eigenvalue weighted by molar-refractivity contribution is -0.150. The van der Waals surface area contributed by atoms with Gasteiger partial charge in [0.25, 0.3) is 5.95 Å². The van der Waals surface area contributed by atoms with Gasteiger partial charge in [-0.3, -0.25) is 4.79 Å². The Hall–Kier alpha value is -1.59. The minimum atomic E-state index is -0.880. The van der Waals surface area contributed by atoms with E-state index in [1.165, 1.54) is 0 Å². The number of aliphatic carboxylic acids is 1. The van der Waals surface area contributed by atoms with Crippen molar-refractivity contribution >= 4 is 11.9 Å². The highest BCUT2D eigenvalue weighted by molar-refractivity contribution is 5.74. The summed E-state index contributed by atoms with van der Waals surface area (Å²) in [5.74, 6) is 0.153. The van der Waals surface area contributed by atoms with Crippen LogP contribution in [0, 0.1) is 11.3 Å². The van der Waals surface area contributed by atoms with Gasteiger partial charge in [0.1, 0.15) is 0 Å². The van der Waals surface area contributed by atoms with Crippen molar-refractivity contribution in [1.29, 1.82) is 0 Å². The third kappa shape index (κ3) is 2.72. The number of hydrogen-bond acceptors (Lipinski definition) is 5. The lowest BCUT2D eigenvalue weighted by Gasteiger charge is -2.27. The first kappa shape index (κ1) is 13.8. The average molecular weight is 267 g/mol. The first-order chi connectivity index (χ1) is 8.93. The maximum absolute atomic E-state index is 11.4. The molecule has 0 aromatic carbocycles. The van der Waals surface area contributed by atoms with Gasteiger partial charge in [0, 0.05) is 19.5 Å². The number of carboxylic acids is 1. The third-order valence-corrected chi connectivity index (χ3v) is 4.13. The van der Waals surface area contributed by atoms with Crippen molar-refractivity contribution < 1.29 is 14.4 Å². The first-order valence-electron chi connectivity index (χ1n) is 6.74. The van der Waals surface area contributed by atoms with E-state index in [-0.39, 0.29) is 12.3 Å². The number of aromatic nitrogens is 2. The molecule has 1 aliphatic rings. The summed E-state index contributed by atoms with van der Waals surface area (Å²) in [6, 6.07) is 0. The molecule has 6 nitrogen and oxygen atoms in total. The topological polar surface area (TPSA) is 79.5 Å². The lowest BCUT2D eigenvalue weighted by Crippen LogP contribution is -2.35. The van der Waals surface area contributed by atoms with Crippen molar-refractivity contribution in [2.24, 2.45) is 11.3 Å². The molecule has 1 N–H and O–H groups in total. The van der Waals surface area contributed by atoms with Gasteiger partial charge in [-0.05, 0) is 30.8 Å². The highest BCUT2D eigenvalue weighted by Crippen LogP contribution is 2.31. The SMILES string of the molecule is CC(C)C(C)(Cc1nc(N2CCCC2)no1)C(=O)O. The van der Waals surface area contributed by atoms with E-state index in [9.17, 15) is 9.90 Å². The molecular formula is C13H21N3O3. The van der Waals surface area contributed by atoms with Crippen LogP contribution in [-0.2, 0) is 11.2 Å². The monoisotopic (exact) mass is 267 g/mol. The highest BCUT2D eigenvalue weighted by atomic mass is 16.5. The average Bonchev–Trinajstić information content (AvgIpc) is 2.97. The number of carboxylic acid groups (broad SMARTS) is 1. The second-order valence-electron chi connectivity index (χ2n) is 5.74. The Labute approximate surface area is 112 Å². The first-order valence-corrected chi connectivity index (χ1v) is 6.74. The van der Waals surface area contributed by atoms with Crippen LogP contribution in [0.15, 0.2) is 4.52 Å². The molecule has 1 aromatic rings. The van der Waals surface area contributed by atoms with Crippen LogP contribution in [0.1, 0.15) is 39.5 Å². The van der Waals surface area contributed by atoms with Crippen LogP contribution in [0.5, 0.6) is 0 Å². The van der Waals surface area contributed by atoms with Crippen molar-refractivity contribution in [3.05, 3.63) is 5.89 Å². The number of anilines is 1. The number of nitrogens with zero attached hydrogens (tertiary/aromatic N) is 3. The summed E-state index contributed by atoms with van der Waals surface area (Å²) in [6.45, 7) is 7.40. The second kappa shape index (κ2) is 5.19. The number of carbonyl (C=O) groups is 1. The Kier molecular flexibility index (Phi) is 3.78. The summed E-state index contributed by atoms with van der Waals surface area (Å²) < 4.78 is 5.21. The third-order valence-electron chi connectivity index (χ3n) is 4.13. The van der Waals surface area contributed by atoms with Gasteiger partial charge in [-0.25, -0.2) is 0 Å². The molecule has 0 saturated carbocycles. The molecule has 1 atom stereocenters. The molecular weight excluding hydrogens is 246 g/mol. The van der Waals surface area contributed by atoms with Gasteiger partial charge in [-0.1, -0.05) is 13.8 Å². The summed E-state index contributed by atoms with van der Waals surface area (Å²) in [5.41, 5.74) is -0.880. The molecule has 0 radical (unpaired) electrons. The molecule has 2 rings (SSSR count). The van der Waals surface area contributed by atoms with Crippen LogP contribution < -0.4 is 4.90 Å². The molecule has 0 spiro atoms. The quantitative estimate of drug-likeness (QED) is 0.878. The maximum atomic E-state index is 11.4. The van der Waals surface area contributed by atoms with Crippen molar-refractivity contribution in [2.45, 2.75) is 40.0 Å². The van der Waals surface area contributed by atoms with Gasteiger partial charge in [0.2, 0.25) is 5.89 Å². The van der Waals surface area contributed by atoms with E-state index in [4.69, 9.17) is 4.52 Å². The molecule has 0 amide bonds. The predicted octanol–water partition coefficient (Wildman–Crippen LogP) is 1.96. The fourth-order valence-electron chi connectivity index (χ4n) is 2.20. The standard InChI is InChI=1S/C13H21N3O3/c1-9(2)13(3,11(17)18)8-10-14-12(15-19-10)16-6-4-5-7-16/h9H,4-8H2,1-3H3,(H,17,18). The van der Waals surface area contributed by atoms with E-state index < -0.39 is 11.4 Å². The second-order valence-corrected chi connectivity index (χ2v) is 5.74. The summed E-state index contributed by atoms with van der Waals surface area (Å²) in [5, 5.41) is 13.3. The van der Waals surface area contributed by atoms with Gasteiger partial charge >= 0.3 is 5.97 Å². The summed E-state index contributed by atoms with van der Waals surface area (Å²) >= 11 is 0. The Bertz CT molecular complexity index is 452. The van der Waals surface area contributed by atoms with Gasteiger partial charge in [0.05, 0.1) is 5.41 Å². The molecule has 1 fully saturated rings. The maximum Gasteiger partial charge on any atom is 0.310 e.